The van der Waals surface area contributed by atoms with E-state index in [2.05, 4.69) is 48.7 Å². The highest BCUT2D eigenvalue weighted by Crippen LogP contribution is 2.27. The lowest BCUT2D eigenvalue weighted by Gasteiger charge is -2.36. The minimum atomic E-state index is 0.962. The van der Waals surface area contributed by atoms with Crippen molar-refractivity contribution in [1.29, 1.82) is 0 Å². The minimum absolute atomic E-state index is 0.962. The van der Waals surface area contributed by atoms with Crippen LogP contribution >= 0.6 is 0 Å². The van der Waals surface area contributed by atoms with Crippen LogP contribution < -0.4 is 9.80 Å². The molecule has 0 saturated carbocycles. The van der Waals surface area contributed by atoms with E-state index in [4.69, 9.17) is 5.10 Å². The number of aryl methyl sites for hydroxylation is 2. The van der Waals surface area contributed by atoms with Crippen LogP contribution in [0.4, 0.5) is 11.5 Å². The summed E-state index contributed by atoms with van der Waals surface area (Å²) in [7, 11) is 4.05. The van der Waals surface area contributed by atoms with Crippen molar-refractivity contribution in [2.45, 2.75) is 25.9 Å². The SMILES string of the molecule is CN(C)c1ncnc2ccc(N3CCN(Cc4cc5n(n4)CCC5)CC3)cc12. The van der Waals surface area contributed by atoms with E-state index in [0.29, 0.717) is 0 Å². The number of aromatic nitrogens is 4. The smallest absolute Gasteiger partial charge is 0.139 e. The lowest BCUT2D eigenvalue weighted by atomic mass is 10.1. The van der Waals surface area contributed by atoms with Gasteiger partial charge in [0.1, 0.15) is 12.1 Å². The predicted molar refractivity (Wildman–Crippen MR) is 112 cm³/mol. The Hall–Kier alpha value is -2.67. The van der Waals surface area contributed by atoms with Crippen LogP contribution in [-0.2, 0) is 19.5 Å². The molecule has 0 amide bonds. The molecular weight excluding hydrogens is 350 g/mol. The van der Waals surface area contributed by atoms with Gasteiger partial charge in [-0.2, -0.15) is 5.10 Å². The van der Waals surface area contributed by atoms with Gasteiger partial charge in [0.15, 0.2) is 0 Å². The molecule has 0 aliphatic carbocycles. The third kappa shape index (κ3) is 3.20. The molecule has 0 radical (unpaired) electrons. The van der Waals surface area contributed by atoms with Gasteiger partial charge in [-0.15, -0.1) is 0 Å². The van der Waals surface area contributed by atoms with E-state index in [1.54, 1.807) is 6.33 Å². The molecule has 0 bridgehead atoms. The number of piperazine rings is 1. The Morgan fingerprint density at radius 2 is 1.86 bits per heavy atom. The van der Waals surface area contributed by atoms with E-state index in [-0.39, 0.29) is 0 Å². The Morgan fingerprint density at radius 1 is 1.00 bits per heavy atom. The molecule has 5 rings (SSSR count). The predicted octanol–water partition coefficient (Wildman–Crippen LogP) is 2.16. The maximum Gasteiger partial charge on any atom is 0.139 e. The van der Waals surface area contributed by atoms with Gasteiger partial charge in [-0.3, -0.25) is 9.58 Å². The molecular formula is C21H27N7. The van der Waals surface area contributed by atoms with Crippen molar-refractivity contribution in [2.24, 2.45) is 0 Å². The summed E-state index contributed by atoms with van der Waals surface area (Å²) in [4.78, 5) is 15.9. The summed E-state index contributed by atoms with van der Waals surface area (Å²) in [5.41, 5.74) is 4.88. The van der Waals surface area contributed by atoms with Gasteiger partial charge in [-0.05, 0) is 37.1 Å². The average molecular weight is 377 g/mol. The van der Waals surface area contributed by atoms with Crippen LogP contribution in [0.5, 0.6) is 0 Å². The number of benzene rings is 1. The number of rotatable bonds is 4. The number of fused-ring (bicyclic) bond motifs is 2. The summed E-state index contributed by atoms with van der Waals surface area (Å²) in [6, 6.07) is 8.83. The molecule has 7 heteroatoms. The fourth-order valence-corrected chi connectivity index (χ4v) is 4.37. The minimum Gasteiger partial charge on any atom is -0.369 e. The highest BCUT2D eigenvalue weighted by Gasteiger charge is 2.20. The third-order valence-electron chi connectivity index (χ3n) is 5.86. The highest BCUT2D eigenvalue weighted by molar-refractivity contribution is 5.91. The molecule has 1 aromatic carbocycles. The van der Waals surface area contributed by atoms with Crippen molar-refractivity contribution in [3.05, 3.63) is 42.0 Å². The van der Waals surface area contributed by atoms with Crippen LogP contribution in [0.2, 0.25) is 0 Å². The lowest BCUT2D eigenvalue weighted by Crippen LogP contribution is -2.46. The number of hydrogen-bond acceptors (Lipinski definition) is 6. The third-order valence-corrected chi connectivity index (χ3v) is 5.86. The Labute approximate surface area is 165 Å². The van der Waals surface area contributed by atoms with Crippen LogP contribution in [0.3, 0.4) is 0 Å². The molecule has 28 heavy (non-hydrogen) atoms. The van der Waals surface area contributed by atoms with Crippen molar-refractivity contribution in [3.63, 3.8) is 0 Å². The van der Waals surface area contributed by atoms with E-state index >= 15 is 0 Å². The zero-order chi connectivity index (χ0) is 19.1. The van der Waals surface area contributed by atoms with E-state index < -0.39 is 0 Å². The molecule has 146 valence electrons. The first-order chi connectivity index (χ1) is 13.7. The zero-order valence-corrected chi connectivity index (χ0v) is 16.7. The first kappa shape index (κ1) is 17.4. The van der Waals surface area contributed by atoms with Gasteiger partial charge >= 0.3 is 0 Å². The molecule has 3 aromatic rings. The molecule has 1 fully saturated rings. The number of nitrogens with zero attached hydrogens (tertiary/aromatic N) is 7. The Kier molecular flexibility index (Phi) is 4.39. The molecule has 7 nitrogen and oxygen atoms in total. The normalized spacial score (nSPS) is 17.3. The van der Waals surface area contributed by atoms with Gasteiger partial charge in [0.2, 0.25) is 0 Å². The van der Waals surface area contributed by atoms with Gasteiger partial charge < -0.3 is 9.80 Å². The highest BCUT2D eigenvalue weighted by atomic mass is 15.3. The molecule has 4 heterocycles. The van der Waals surface area contributed by atoms with Crippen molar-refractivity contribution < 1.29 is 0 Å². The van der Waals surface area contributed by atoms with Crippen molar-refractivity contribution >= 4 is 22.4 Å². The number of anilines is 2. The summed E-state index contributed by atoms with van der Waals surface area (Å²) >= 11 is 0. The van der Waals surface area contributed by atoms with Gasteiger partial charge in [0.25, 0.3) is 0 Å². The second-order valence-corrected chi connectivity index (χ2v) is 8.01. The van der Waals surface area contributed by atoms with Crippen LogP contribution in [0, 0.1) is 0 Å². The average Bonchev–Trinajstić information content (AvgIpc) is 3.29. The molecule has 2 aliphatic rings. The summed E-state index contributed by atoms with van der Waals surface area (Å²) in [5, 5.41) is 5.88. The van der Waals surface area contributed by atoms with Gasteiger partial charge in [0, 0.05) is 70.1 Å². The largest absolute Gasteiger partial charge is 0.369 e. The van der Waals surface area contributed by atoms with Crippen LogP contribution in [0.15, 0.2) is 30.6 Å². The van der Waals surface area contributed by atoms with E-state index in [1.807, 2.05) is 19.0 Å². The Balaban J connectivity index is 1.27. The van der Waals surface area contributed by atoms with Crippen molar-refractivity contribution in [1.82, 2.24) is 24.6 Å². The Morgan fingerprint density at radius 3 is 2.64 bits per heavy atom. The van der Waals surface area contributed by atoms with Gasteiger partial charge in [-0.1, -0.05) is 0 Å². The van der Waals surface area contributed by atoms with E-state index in [9.17, 15) is 0 Å². The fourth-order valence-electron chi connectivity index (χ4n) is 4.37. The molecule has 0 atom stereocenters. The summed E-state index contributed by atoms with van der Waals surface area (Å²) in [6.07, 6.45) is 4.07. The second kappa shape index (κ2) is 7.05. The molecule has 0 spiro atoms. The molecule has 2 aromatic heterocycles. The zero-order valence-electron chi connectivity index (χ0n) is 16.7. The topological polar surface area (TPSA) is 53.3 Å². The molecule has 1 saturated heterocycles. The second-order valence-electron chi connectivity index (χ2n) is 8.01. The van der Waals surface area contributed by atoms with Crippen molar-refractivity contribution in [3.8, 4) is 0 Å². The summed E-state index contributed by atoms with van der Waals surface area (Å²) in [6.45, 7) is 6.24. The first-order valence-corrected chi connectivity index (χ1v) is 10.1. The quantitative estimate of drug-likeness (QED) is 0.695. The first-order valence-electron chi connectivity index (χ1n) is 10.1. The van der Waals surface area contributed by atoms with Crippen LogP contribution in [0.25, 0.3) is 10.9 Å². The maximum absolute atomic E-state index is 4.77. The van der Waals surface area contributed by atoms with Crippen LogP contribution in [-0.4, -0.2) is 64.9 Å². The van der Waals surface area contributed by atoms with E-state index in [1.165, 1.54) is 29.9 Å². The standard InChI is InChI=1S/C21H27N7/c1-25(2)21-19-13-17(5-6-20(19)22-15-23-21)27-10-8-26(9-11-27)14-16-12-18-4-3-7-28(18)24-16/h5-6,12-13,15H,3-4,7-11,14H2,1-2H3. The number of hydrogen-bond donors (Lipinski definition) is 0. The summed E-state index contributed by atoms with van der Waals surface area (Å²) in [5.74, 6) is 0.971. The van der Waals surface area contributed by atoms with Crippen LogP contribution in [0.1, 0.15) is 17.8 Å². The Bertz CT molecular complexity index is 964. The monoisotopic (exact) mass is 377 g/mol. The fraction of sp³-hybridized carbons (Fsp3) is 0.476. The molecule has 2 aliphatic heterocycles. The van der Waals surface area contributed by atoms with Crippen molar-refractivity contribution in [2.75, 3.05) is 50.1 Å². The van der Waals surface area contributed by atoms with E-state index in [0.717, 1.165) is 56.0 Å². The lowest BCUT2D eigenvalue weighted by molar-refractivity contribution is 0.246. The van der Waals surface area contributed by atoms with Gasteiger partial charge in [-0.25, -0.2) is 9.97 Å². The molecule has 0 N–H and O–H groups in total. The maximum atomic E-state index is 4.77. The summed E-state index contributed by atoms with van der Waals surface area (Å²) < 4.78 is 2.19. The molecule has 0 unspecified atom stereocenters. The van der Waals surface area contributed by atoms with Gasteiger partial charge in [0.05, 0.1) is 11.2 Å².